The fourth-order valence-corrected chi connectivity index (χ4v) is 4.31. The standard InChI is InChI=1S/C27H25BrN6O2/c1-35-22-10-6-19(7-11-22)16-33(17-20-8-12-23(36-2)13-9-20)26-27-31-25(15-21-5-3-4-14-29-21)32-34(27)18-24(28)30-26/h3-14,18H,15-17H2,1-2H3. The molecule has 2 aromatic carbocycles. The first-order chi connectivity index (χ1) is 17.6. The van der Waals surface area contributed by atoms with Gasteiger partial charge in [0.15, 0.2) is 17.3 Å². The van der Waals surface area contributed by atoms with Crippen molar-refractivity contribution < 1.29 is 9.47 Å². The normalized spacial score (nSPS) is 11.0. The van der Waals surface area contributed by atoms with E-state index < -0.39 is 0 Å². The fraction of sp³-hybridized carbons (Fsp3) is 0.185. The summed E-state index contributed by atoms with van der Waals surface area (Å²) in [4.78, 5) is 16.3. The molecule has 0 spiro atoms. The van der Waals surface area contributed by atoms with Crippen LogP contribution in [0.2, 0.25) is 0 Å². The molecular weight excluding hydrogens is 520 g/mol. The van der Waals surface area contributed by atoms with E-state index in [-0.39, 0.29) is 0 Å². The molecule has 182 valence electrons. The molecule has 36 heavy (non-hydrogen) atoms. The van der Waals surface area contributed by atoms with Crippen LogP contribution < -0.4 is 14.4 Å². The van der Waals surface area contributed by atoms with Gasteiger partial charge in [-0.15, -0.1) is 0 Å². The van der Waals surface area contributed by atoms with Crippen molar-refractivity contribution in [2.24, 2.45) is 0 Å². The van der Waals surface area contributed by atoms with Gasteiger partial charge in [-0.3, -0.25) is 4.98 Å². The first-order valence-electron chi connectivity index (χ1n) is 11.4. The predicted molar refractivity (Wildman–Crippen MR) is 141 cm³/mol. The Hall–Kier alpha value is -3.98. The highest BCUT2D eigenvalue weighted by Gasteiger charge is 2.19. The zero-order chi connectivity index (χ0) is 24.9. The van der Waals surface area contributed by atoms with Crippen molar-refractivity contribution >= 4 is 27.4 Å². The molecule has 0 fully saturated rings. The molecule has 3 heterocycles. The van der Waals surface area contributed by atoms with Crippen LogP contribution in [0, 0.1) is 0 Å². The fourth-order valence-electron chi connectivity index (χ4n) is 3.95. The molecule has 0 unspecified atom stereocenters. The van der Waals surface area contributed by atoms with Gasteiger partial charge >= 0.3 is 0 Å². The first kappa shape index (κ1) is 23.7. The number of anilines is 1. The number of halogens is 1. The van der Waals surface area contributed by atoms with Crippen LogP contribution in [0.1, 0.15) is 22.6 Å². The van der Waals surface area contributed by atoms with Gasteiger partial charge in [0.05, 0.1) is 26.8 Å². The summed E-state index contributed by atoms with van der Waals surface area (Å²) in [6, 6.07) is 21.9. The molecule has 9 heteroatoms. The van der Waals surface area contributed by atoms with Gasteiger partial charge in [0.2, 0.25) is 0 Å². The summed E-state index contributed by atoms with van der Waals surface area (Å²) in [5.74, 6) is 3.06. The highest BCUT2D eigenvalue weighted by molar-refractivity contribution is 9.10. The minimum Gasteiger partial charge on any atom is -0.497 e. The Labute approximate surface area is 217 Å². The molecule has 3 aromatic heterocycles. The molecule has 0 radical (unpaired) electrons. The number of hydrogen-bond acceptors (Lipinski definition) is 7. The largest absolute Gasteiger partial charge is 0.497 e. The van der Waals surface area contributed by atoms with Gasteiger partial charge in [0, 0.05) is 25.0 Å². The maximum atomic E-state index is 5.33. The van der Waals surface area contributed by atoms with E-state index in [4.69, 9.17) is 24.5 Å². The van der Waals surface area contributed by atoms with Gasteiger partial charge in [0.25, 0.3) is 0 Å². The minimum atomic E-state index is 0.538. The van der Waals surface area contributed by atoms with Gasteiger partial charge in [-0.2, -0.15) is 5.10 Å². The van der Waals surface area contributed by atoms with E-state index in [2.05, 4.69) is 50.1 Å². The molecule has 0 N–H and O–H groups in total. The smallest absolute Gasteiger partial charge is 0.198 e. The molecule has 5 aromatic rings. The lowest BCUT2D eigenvalue weighted by Crippen LogP contribution is -2.24. The van der Waals surface area contributed by atoms with Crippen molar-refractivity contribution in [3.8, 4) is 11.5 Å². The van der Waals surface area contributed by atoms with E-state index in [0.717, 1.165) is 34.1 Å². The molecule has 0 aliphatic carbocycles. The quantitative estimate of drug-likeness (QED) is 0.255. The summed E-state index contributed by atoms with van der Waals surface area (Å²) in [7, 11) is 3.34. The number of benzene rings is 2. The number of hydrogen-bond donors (Lipinski definition) is 0. The highest BCUT2D eigenvalue weighted by atomic mass is 79.9. The lowest BCUT2D eigenvalue weighted by atomic mass is 10.1. The van der Waals surface area contributed by atoms with E-state index in [0.29, 0.717) is 35.6 Å². The zero-order valence-electron chi connectivity index (χ0n) is 20.0. The topological polar surface area (TPSA) is 77.7 Å². The zero-order valence-corrected chi connectivity index (χ0v) is 21.6. The van der Waals surface area contributed by atoms with Gasteiger partial charge < -0.3 is 14.4 Å². The molecule has 0 saturated carbocycles. The summed E-state index contributed by atoms with van der Waals surface area (Å²) in [6.07, 6.45) is 4.14. The van der Waals surface area contributed by atoms with Crippen LogP contribution in [0.3, 0.4) is 0 Å². The average Bonchev–Trinajstić information content (AvgIpc) is 3.31. The van der Waals surface area contributed by atoms with Crippen molar-refractivity contribution in [1.82, 2.24) is 24.6 Å². The molecule has 0 aliphatic heterocycles. The number of ether oxygens (including phenoxy) is 2. The van der Waals surface area contributed by atoms with Crippen LogP contribution in [-0.2, 0) is 19.5 Å². The third-order valence-electron chi connectivity index (χ3n) is 5.75. The number of aromatic nitrogens is 5. The van der Waals surface area contributed by atoms with Crippen molar-refractivity contribution in [3.05, 3.63) is 106 Å². The van der Waals surface area contributed by atoms with Crippen LogP contribution in [0.15, 0.2) is 83.7 Å². The Morgan fingerprint density at radius 2 is 1.47 bits per heavy atom. The Morgan fingerprint density at radius 3 is 2.03 bits per heavy atom. The second kappa shape index (κ2) is 10.7. The number of methoxy groups -OCH3 is 2. The van der Waals surface area contributed by atoms with Crippen LogP contribution in [-0.4, -0.2) is 38.8 Å². The summed E-state index contributed by atoms with van der Waals surface area (Å²) < 4.78 is 13.1. The van der Waals surface area contributed by atoms with E-state index in [1.54, 1.807) is 24.9 Å². The summed E-state index contributed by atoms with van der Waals surface area (Å²) in [6.45, 7) is 1.25. The van der Waals surface area contributed by atoms with Crippen molar-refractivity contribution in [3.63, 3.8) is 0 Å². The van der Waals surface area contributed by atoms with Gasteiger partial charge in [-0.05, 0) is 63.5 Å². The van der Waals surface area contributed by atoms with E-state index in [9.17, 15) is 0 Å². The van der Waals surface area contributed by atoms with Crippen LogP contribution in [0.4, 0.5) is 5.82 Å². The third-order valence-corrected chi connectivity index (χ3v) is 6.13. The SMILES string of the molecule is COc1ccc(CN(Cc2ccc(OC)cc2)c2nc(Br)cn3nc(Cc4ccccn4)nc23)cc1. The van der Waals surface area contributed by atoms with Crippen LogP contribution in [0.5, 0.6) is 11.5 Å². The Morgan fingerprint density at radius 1 is 0.833 bits per heavy atom. The van der Waals surface area contributed by atoms with Crippen molar-refractivity contribution in [1.29, 1.82) is 0 Å². The number of fused-ring (bicyclic) bond motifs is 1. The summed E-state index contributed by atoms with van der Waals surface area (Å²) in [5, 5.41) is 4.71. The molecule has 0 bridgehead atoms. The van der Waals surface area contributed by atoms with Crippen LogP contribution >= 0.6 is 15.9 Å². The predicted octanol–water partition coefficient (Wildman–Crippen LogP) is 5.10. The molecule has 8 nitrogen and oxygen atoms in total. The lowest BCUT2D eigenvalue weighted by Gasteiger charge is -2.24. The van der Waals surface area contributed by atoms with E-state index >= 15 is 0 Å². The van der Waals surface area contributed by atoms with Gasteiger partial charge in [-0.1, -0.05) is 30.3 Å². The molecule has 0 aliphatic rings. The average molecular weight is 545 g/mol. The maximum Gasteiger partial charge on any atom is 0.198 e. The molecule has 5 rings (SSSR count). The van der Waals surface area contributed by atoms with E-state index in [1.807, 2.05) is 48.7 Å². The maximum absolute atomic E-state index is 5.33. The molecule has 0 atom stereocenters. The highest BCUT2D eigenvalue weighted by Crippen LogP contribution is 2.26. The minimum absolute atomic E-state index is 0.538. The summed E-state index contributed by atoms with van der Waals surface area (Å²) in [5.41, 5.74) is 3.84. The molecule has 0 saturated heterocycles. The van der Waals surface area contributed by atoms with Crippen molar-refractivity contribution in [2.75, 3.05) is 19.1 Å². The Balaban J connectivity index is 1.53. The van der Waals surface area contributed by atoms with Gasteiger partial charge in [-0.25, -0.2) is 14.5 Å². The van der Waals surface area contributed by atoms with Gasteiger partial charge in [0.1, 0.15) is 16.1 Å². The van der Waals surface area contributed by atoms with E-state index in [1.165, 1.54) is 0 Å². The number of nitrogens with zero attached hydrogens (tertiary/aromatic N) is 6. The monoisotopic (exact) mass is 544 g/mol. The Kier molecular flexibility index (Phi) is 7.08. The van der Waals surface area contributed by atoms with Crippen molar-refractivity contribution in [2.45, 2.75) is 19.5 Å². The second-order valence-corrected chi connectivity index (χ2v) is 9.05. The summed E-state index contributed by atoms with van der Waals surface area (Å²) >= 11 is 3.56. The van der Waals surface area contributed by atoms with Crippen LogP contribution in [0.25, 0.3) is 5.65 Å². The lowest BCUT2D eigenvalue weighted by molar-refractivity contribution is 0.414. The third kappa shape index (κ3) is 5.46. The second-order valence-electron chi connectivity index (χ2n) is 8.23. The Bertz CT molecular complexity index is 1390. The number of rotatable bonds is 9. The molecule has 0 amide bonds. The first-order valence-corrected chi connectivity index (χ1v) is 12.2. The number of pyridine rings is 1. The molecular formula is C27H25BrN6O2.